The van der Waals surface area contributed by atoms with Crippen molar-refractivity contribution in [1.29, 1.82) is 0 Å². The van der Waals surface area contributed by atoms with Crippen LogP contribution < -0.4 is 14.8 Å². The first kappa shape index (κ1) is 18.3. The number of benzene rings is 3. The highest BCUT2D eigenvalue weighted by molar-refractivity contribution is 6.35. The summed E-state index contributed by atoms with van der Waals surface area (Å²) >= 11 is 0. The number of aromatic hydroxyl groups is 1. The predicted molar refractivity (Wildman–Crippen MR) is 108 cm³/mol. The normalized spacial score (nSPS) is 14.0. The number of carbonyl (C=O) groups excluding carboxylic acids is 1. The maximum absolute atomic E-state index is 12.6. The van der Waals surface area contributed by atoms with Gasteiger partial charge < -0.3 is 19.9 Å². The maximum Gasteiger partial charge on any atom is 0.270 e. The Hall–Kier alpha value is -4.07. The van der Waals surface area contributed by atoms with Gasteiger partial charge in [-0.25, -0.2) is 0 Å². The summed E-state index contributed by atoms with van der Waals surface area (Å²) in [6.45, 7) is 0. The van der Waals surface area contributed by atoms with Crippen molar-refractivity contribution in [3.63, 3.8) is 0 Å². The number of rotatable bonds is 4. The van der Waals surface area contributed by atoms with Crippen LogP contribution in [0.2, 0.25) is 0 Å². The third kappa shape index (κ3) is 3.00. The number of phenolic OH excluding ortho intramolecular Hbond substituents is 1. The number of amides is 1. The number of carbonyl (C=O) groups is 1. The van der Waals surface area contributed by atoms with E-state index in [1.165, 1.54) is 32.4 Å². The molecule has 1 aliphatic heterocycles. The van der Waals surface area contributed by atoms with Crippen molar-refractivity contribution in [2.24, 2.45) is 0 Å². The molecular weight excluding hydrogens is 376 g/mol. The highest BCUT2D eigenvalue weighted by Gasteiger charge is 2.27. The standard InChI is InChI=1S/C21H16N2O6/c1-28-19-9-14-16(21(25)22-17(14)10-20(19)29-2)8-15-13-5-4-12(23(26)27)7-11(13)3-6-18(15)24/h3-10,24H,1-2H3,(H,22,25)/b16-8+. The minimum atomic E-state index is -0.481. The fourth-order valence-electron chi connectivity index (χ4n) is 3.40. The molecule has 1 amide bonds. The summed E-state index contributed by atoms with van der Waals surface area (Å²) in [6, 6.07) is 10.7. The molecule has 3 aromatic carbocycles. The summed E-state index contributed by atoms with van der Waals surface area (Å²) < 4.78 is 10.6. The molecule has 146 valence electrons. The average Bonchev–Trinajstić information content (AvgIpc) is 3.02. The second kappa shape index (κ2) is 6.83. The number of non-ortho nitro benzene ring substituents is 1. The first-order valence-corrected chi connectivity index (χ1v) is 8.62. The van der Waals surface area contributed by atoms with Gasteiger partial charge in [0.1, 0.15) is 5.75 Å². The number of ether oxygens (including phenoxy) is 2. The molecule has 0 saturated carbocycles. The number of nitrogens with zero attached hydrogens (tertiary/aromatic N) is 1. The molecule has 3 aromatic rings. The minimum absolute atomic E-state index is 0.0411. The molecule has 29 heavy (non-hydrogen) atoms. The summed E-state index contributed by atoms with van der Waals surface area (Å²) in [5.74, 6) is 0.564. The van der Waals surface area contributed by atoms with Gasteiger partial charge in [-0.3, -0.25) is 14.9 Å². The number of nitrogens with one attached hydrogen (secondary N) is 1. The zero-order valence-corrected chi connectivity index (χ0v) is 15.6. The van der Waals surface area contributed by atoms with Crippen LogP contribution >= 0.6 is 0 Å². The molecule has 0 unspecified atom stereocenters. The highest BCUT2D eigenvalue weighted by Crippen LogP contribution is 2.42. The van der Waals surface area contributed by atoms with Crippen molar-refractivity contribution in [3.05, 3.63) is 63.7 Å². The lowest BCUT2D eigenvalue weighted by Gasteiger charge is -2.10. The van der Waals surface area contributed by atoms with E-state index in [4.69, 9.17) is 9.47 Å². The van der Waals surface area contributed by atoms with Crippen LogP contribution in [0.5, 0.6) is 17.2 Å². The van der Waals surface area contributed by atoms with Gasteiger partial charge in [-0.1, -0.05) is 6.07 Å². The third-order valence-corrected chi connectivity index (χ3v) is 4.83. The lowest BCUT2D eigenvalue weighted by atomic mass is 9.98. The van der Waals surface area contributed by atoms with Crippen molar-refractivity contribution in [2.45, 2.75) is 0 Å². The van der Waals surface area contributed by atoms with Crippen molar-refractivity contribution in [3.8, 4) is 17.2 Å². The van der Waals surface area contributed by atoms with Crippen molar-refractivity contribution in [1.82, 2.24) is 0 Å². The first-order valence-electron chi connectivity index (χ1n) is 8.62. The Balaban J connectivity index is 1.91. The topological polar surface area (TPSA) is 111 Å². The Bertz CT molecular complexity index is 1220. The molecule has 0 radical (unpaired) electrons. The average molecular weight is 392 g/mol. The molecule has 0 bridgehead atoms. The molecule has 8 nitrogen and oxygen atoms in total. The smallest absolute Gasteiger partial charge is 0.270 e. The van der Waals surface area contributed by atoms with Crippen LogP contribution in [0.25, 0.3) is 22.4 Å². The van der Waals surface area contributed by atoms with Crippen LogP contribution in [0.3, 0.4) is 0 Å². The summed E-state index contributed by atoms with van der Waals surface area (Å²) in [6.07, 6.45) is 1.57. The van der Waals surface area contributed by atoms with Gasteiger partial charge in [0.25, 0.3) is 11.6 Å². The third-order valence-electron chi connectivity index (χ3n) is 4.83. The SMILES string of the molecule is COc1cc2c(cc1OC)/C(=C\c1c(O)ccc3cc([N+](=O)[O-])ccc13)C(=O)N2. The molecule has 2 N–H and O–H groups in total. The van der Waals surface area contributed by atoms with Gasteiger partial charge in [-0.2, -0.15) is 0 Å². The van der Waals surface area contributed by atoms with E-state index in [1.807, 2.05) is 0 Å². The van der Waals surface area contributed by atoms with Gasteiger partial charge in [-0.15, -0.1) is 0 Å². The number of hydrogen-bond acceptors (Lipinski definition) is 6. The van der Waals surface area contributed by atoms with Crippen LogP contribution in [0.15, 0.2) is 42.5 Å². The van der Waals surface area contributed by atoms with Crippen LogP contribution in [-0.4, -0.2) is 30.2 Å². The summed E-state index contributed by atoms with van der Waals surface area (Å²) in [5.41, 5.74) is 1.84. The molecule has 0 fully saturated rings. The molecule has 1 heterocycles. The van der Waals surface area contributed by atoms with E-state index in [0.717, 1.165) is 0 Å². The van der Waals surface area contributed by atoms with Crippen molar-refractivity contribution >= 4 is 39.7 Å². The summed E-state index contributed by atoms with van der Waals surface area (Å²) in [7, 11) is 3.01. The van der Waals surface area contributed by atoms with Gasteiger partial charge >= 0.3 is 0 Å². The van der Waals surface area contributed by atoms with Crippen LogP contribution in [0.1, 0.15) is 11.1 Å². The molecule has 4 rings (SSSR count). The van der Waals surface area contributed by atoms with E-state index in [0.29, 0.717) is 44.7 Å². The Morgan fingerprint density at radius 2 is 1.79 bits per heavy atom. The van der Waals surface area contributed by atoms with Gasteiger partial charge in [0, 0.05) is 34.9 Å². The lowest BCUT2D eigenvalue weighted by molar-refractivity contribution is -0.384. The van der Waals surface area contributed by atoms with Crippen LogP contribution in [0, 0.1) is 10.1 Å². The Kier molecular flexibility index (Phi) is 4.31. The van der Waals surface area contributed by atoms with Crippen molar-refractivity contribution < 1.29 is 24.3 Å². The molecule has 1 aliphatic rings. The molecule has 0 atom stereocenters. The number of nitro benzene ring substituents is 1. The van der Waals surface area contributed by atoms with Gasteiger partial charge in [-0.05, 0) is 35.0 Å². The van der Waals surface area contributed by atoms with E-state index in [-0.39, 0.29) is 17.3 Å². The molecular formula is C21H16N2O6. The second-order valence-electron chi connectivity index (χ2n) is 6.43. The maximum atomic E-state index is 12.6. The highest BCUT2D eigenvalue weighted by atomic mass is 16.6. The molecule has 0 saturated heterocycles. The van der Waals surface area contributed by atoms with Gasteiger partial charge in [0.2, 0.25) is 0 Å². The number of nitro groups is 1. The Labute approximate surface area is 165 Å². The van der Waals surface area contributed by atoms with Crippen molar-refractivity contribution in [2.75, 3.05) is 19.5 Å². The van der Waals surface area contributed by atoms with E-state index >= 15 is 0 Å². The molecule has 0 spiro atoms. The zero-order chi connectivity index (χ0) is 20.7. The van der Waals surface area contributed by atoms with Gasteiger partial charge in [0.05, 0.1) is 24.8 Å². The number of fused-ring (bicyclic) bond motifs is 2. The van der Waals surface area contributed by atoms with E-state index in [1.54, 1.807) is 30.3 Å². The number of anilines is 1. The molecule has 0 aromatic heterocycles. The zero-order valence-electron chi connectivity index (χ0n) is 15.6. The molecule has 8 heteroatoms. The number of phenols is 1. The number of methoxy groups -OCH3 is 2. The minimum Gasteiger partial charge on any atom is -0.507 e. The van der Waals surface area contributed by atoms with E-state index in [9.17, 15) is 20.0 Å². The van der Waals surface area contributed by atoms with Crippen LogP contribution in [-0.2, 0) is 4.79 Å². The fourth-order valence-corrected chi connectivity index (χ4v) is 3.40. The number of hydrogen-bond donors (Lipinski definition) is 2. The summed E-state index contributed by atoms with van der Waals surface area (Å²) in [5, 5.41) is 25.4. The Morgan fingerprint density at radius 1 is 1.07 bits per heavy atom. The lowest BCUT2D eigenvalue weighted by Crippen LogP contribution is -2.03. The van der Waals surface area contributed by atoms with E-state index < -0.39 is 4.92 Å². The van der Waals surface area contributed by atoms with E-state index in [2.05, 4.69) is 5.32 Å². The van der Waals surface area contributed by atoms with Crippen LogP contribution in [0.4, 0.5) is 11.4 Å². The van der Waals surface area contributed by atoms with Gasteiger partial charge in [0.15, 0.2) is 11.5 Å². The molecule has 0 aliphatic carbocycles. The first-order chi connectivity index (χ1) is 13.9. The Morgan fingerprint density at radius 3 is 2.48 bits per heavy atom. The predicted octanol–water partition coefficient (Wildman–Crippen LogP) is 3.96. The monoisotopic (exact) mass is 392 g/mol. The quantitative estimate of drug-likeness (QED) is 0.395. The summed E-state index contributed by atoms with van der Waals surface area (Å²) in [4.78, 5) is 23.1. The fraction of sp³-hybridized carbons (Fsp3) is 0.0952. The largest absolute Gasteiger partial charge is 0.507 e. The second-order valence-corrected chi connectivity index (χ2v) is 6.43.